The maximum atomic E-state index is 13.2. The molecule has 1 N–H and O–H groups in total. The summed E-state index contributed by atoms with van der Waals surface area (Å²) in [6.45, 7) is 2.21. The van der Waals surface area contributed by atoms with Gasteiger partial charge in [0.2, 0.25) is 0 Å². The van der Waals surface area contributed by atoms with Crippen molar-refractivity contribution >= 4 is 23.5 Å². The summed E-state index contributed by atoms with van der Waals surface area (Å²) in [5, 5.41) is 3.34. The molecule has 1 aliphatic heterocycles. The van der Waals surface area contributed by atoms with E-state index in [1.54, 1.807) is 11.8 Å². The van der Waals surface area contributed by atoms with Crippen LogP contribution >= 0.6 is 11.8 Å². The van der Waals surface area contributed by atoms with Crippen LogP contribution in [0.15, 0.2) is 82.0 Å². The van der Waals surface area contributed by atoms with Crippen molar-refractivity contribution in [1.29, 1.82) is 0 Å². The summed E-state index contributed by atoms with van der Waals surface area (Å²) in [5.41, 5.74) is 5.07. The molecule has 0 spiro atoms. The fourth-order valence-electron chi connectivity index (χ4n) is 4.37. The Bertz CT molecular complexity index is 1040. The number of benzene rings is 2. The smallest absolute Gasteiger partial charge is 0.336 e. The molecule has 160 valence electrons. The van der Waals surface area contributed by atoms with Crippen molar-refractivity contribution in [1.82, 2.24) is 5.32 Å². The quantitative estimate of drug-likeness (QED) is 0.504. The second-order valence-corrected chi connectivity index (χ2v) is 8.79. The Balaban J connectivity index is 1.63. The van der Waals surface area contributed by atoms with E-state index in [-0.39, 0.29) is 17.7 Å². The number of allylic oxidation sites excluding steroid dienone is 3. The van der Waals surface area contributed by atoms with E-state index in [1.807, 2.05) is 67.8 Å². The summed E-state index contributed by atoms with van der Waals surface area (Å²) in [4.78, 5) is 27.3. The Hall–Kier alpha value is -2.79. The van der Waals surface area contributed by atoms with Crippen molar-refractivity contribution in [3.05, 3.63) is 88.3 Å². The predicted molar refractivity (Wildman–Crippen MR) is 124 cm³/mol. The van der Waals surface area contributed by atoms with Gasteiger partial charge in [-0.2, -0.15) is 0 Å². The van der Waals surface area contributed by atoms with Gasteiger partial charge in [0.15, 0.2) is 5.78 Å². The molecule has 1 atom stereocenters. The highest BCUT2D eigenvalue weighted by molar-refractivity contribution is 7.98. The van der Waals surface area contributed by atoms with Crippen molar-refractivity contribution in [3.63, 3.8) is 0 Å². The highest BCUT2D eigenvalue weighted by Crippen LogP contribution is 2.42. The Morgan fingerprint density at radius 3 is 2.55 bits per heavy atom. The zero-order valence-corrected chi connectivity index (χ0v) is 18.8. The van der Waals surface area contributed by atoms with Gasteiger partial charge < -0.3 is 10.1 Å². The van der Waals surface area contributed by atoms with E-state index in [0.29, 0.717) is 25.0 Å². The van der Waals surface area contributed by atoms with Gasteiger partial charge in [-0.15, -0.1) is 11.8 Å². The van der Waals surface area contributed by atoms with Gasteiger partial charge in [0, 0.05) is 40.6 Å². The van der Waals surface area contributed by atoms with E-state index in [2.05, 4.69) is 5.32 Å². The standard InChI is InChI=1S/C26H27NO3S/c1-17-23(26(29)30-16-15-18-7-4-3-5-8-18)24(19-11-13-20(31-2)14-12-19)25-21(27-17)9-6-10-22(25)28/h3-5,7-8,11-14,24,27H,6,9-10,15-16H2,1-2H3/t24-/m0/s1. The minimum absolute atomic E-state index is 0.120. The largest absolute Gasteiger partial charge is 0.462 e. The highest BCUT2D eigenvalue weighted by atomic mass is 32.2. The maximum Gasteiger partial charge on any atom is 0.336 e. The highest BCUT2D eigenvalue weighted by Gasteiger charge is 2.39. The number of carbonyl (C=O) groups excluding carboxylic acids is 2. The third kappa shape index (κ3) is 4.62. The molecule has 0 unspecified atom stereocenters. The second-order valence-electron chi connectivity index (χ2n) is 7.91. The van der Waals surface area contributed by atoms with Gasteiger partial charge in [0.1, 0.15) is 0 Å². The molecule has 0 amide bonds. The van der Waals surface area contributed by atoms with Gasteiger partial charge in [-0.25, -0.2) is 4.79 Å². The number of ether oxygens (including phenoxy) is 1. The summed E-state index contributed by atoms with van der Waals surface area (Å²) in [5.74, 6) is -0.622. The first-order valence-electron chi connectivity index (χ1n) is 10.7. The molecule has 1 heterocycles. The van der Waals surface area contributed by atoms with Gasteiger partial charge in [-0.05, 0) is 49.3 Å². The first-order valence-corrected chi connectivity index (χ1v) is 11.9. The molecular formula is C26H27NO3S. The molecule has 0 saturated heterocycles. The Morgan fingerprint density at radius 2 is 1.84 bits per heavy atom. The van der Waals surface area contributed by atoms with Crippen molar-refractivity contribution in [2.45, 2.75) is 43.4 Å². The average Bonchev–Trinajstić information content (AvgIpc) is 2.79. The number of dihydropyridines is 1. The van der Waals surface area contributed by atoms with Gasteiger partial charge in [-0.1, -0.05) is 42.5 Å². The Kier molecular flexibility index (Phi) is 6.62. The minimum Gasteiger partial charge on any atom is -0.462 e. The lowest BCUT2D eigenvalue weighted by Gasteiger charge is -2.34. The van der Waals surface area contributed by atoms with E-state index in [1.165, 1.54) is 0 Å². The fourth-order valence-corrected chi connectivity index (χ4v) is 4.78. The van der Waals surface area contributed by atoms with Crippen LogP contribution in [-0.2, 0) is 20.7 Å². The van der Waals surface area contributed by atoms with Crippen molar-refractivity contribution in [3.8, 4) is 0 Å². The second kappa shape index (κ2) is 9.56. The van der Waals surface area contributed by atoms with Crippen LogP contribution in [0.1, 0.15) is 43.2 Å². The number of rotatable bonds is 6. The molecule has 2 aromatic rings. The number of hydrogen-bond donors (Lipinski definition) is 1. The average molecular weight is 434 g/mol. The topological polar surface area (TPSA) is 55.4 Å². The number of carbonyl (C=O) groups is 2. The molecule has 0 fully saturated rings. The molecule has 0 radical (unpaired) electrons. The van der Waals surface area contributed by atoms with Gasteiger partial charge in [0.25, 0.3) is 0 Å². The summed E-state index contributed by atoms with van der Waals surface area (Å²) in [6.07, 6.45) is 4.88. The predicted octanol–water partition coefficient (Wildman–Crippen LogP) is 5.16. The van der Waals surface area contributed by atoms with Crippen LogP contribution in [0.3, 0.4) is 0 Å². The van der Waals surface area contributed by atoms with Crippen molar-refractivity contribution < 1.29 is 14.3 Å². The molecule has 0 aromatic heterocycles. The third-order valence-electron chi connectivity index (χ3n) is 5.91. The zero-order valence-electron chi connectivity index (χ0n) is 17.9. The summed E-state index contributed by atoms with van der Waals surface area (Å²) >= 11 is 1.67. The molecule has 0 saturated carbocycles. The Morgan fingerprint density at radius 1 is 1.10 bits per heavy atom. The maximum absolute atomic E-state index is 13.2. The molecule has 2 aliphatic rings. The van der Waals surface area contributed by atoms with Crippen LogP contribution in [0, 0.1) is 0 Å². The number of thioether (sulfide) groups is 1. The molecule has 5 heteroatoms. The van der Waals surface area contributed by atoms with Gasteiger partial charge >= 0.3 is 5.97 Å². The molecular weight excluding hydrogens is 406 g/mol. The lowest BCUT2D eigenvalue weighted by molar-refractivity contribution is -0.139. The van der Waals surface area contributed by atoms with E-state index >= 15 is 0 Å². The summed E-state index contributed by atoms with van der Waals surface area (Å²) in [6, 6.07) is 18.1. The van der Waals surface area contributed by atoms with E-state index in [9.17, 15) is 9.59 Å². The molecule has 4 rings (SSSR count). The normalized spacial score (nSPS) is 18.5. The lowest BCUT2D eigenvalue weighted by Crippen LogP contribution is -2.34. The van der Waals surface area contributed by atoms with E-state index in [0.717, 1.165) is 45.8 Å². The third-order valence-corrected chi connectivity index (χ3v) is 6.66. The van der Waals surface area contributed by atoms with Crippen molar-refractivity contribution in [2.24, 2.45) is 0 Å². The summed E-state index contributed by atoms with van der Waals surface area (Å²) < 4.78 is 5.69. The SMILES string of the molecule is CSc1ccc([C@H]2C(C(=O)OCCc3ccccc3)=C(C)NC3=C2C(=O)CCC3)cc1. The van der Waals surface area contributed by atoms with Crippen LogP contribution in [0.4, 0.5) is 0 Å². The van der Waals surface area contributed by atoms with Crippen molar-refractivity contribution in [2.75, 3.05) is 12.9 Å². The first-order chi connectivity index (χ1) is 15.1. The van der Waals surface area contributed by atoms with Crippen LogP contribution in [0.5, 0.6) is 0 Å². The van der Waals surface area contributed by atoms with Crippen LogP contribution in [0.25, 0.3) is 0 Å². The number of hydrogen-bond acceptors (Lipinski definition) is 5. The summed E-state index contributed by atoms with van der Waals surface area (Å²) in [7, 11) is 0. The van der Waals surface area contributed by atoms with Crippen LogP contribution < -0.4 is 5.32 Å². The van der Waals surface area contributed by atoms with Gasteiger partial charge in [-0.3, -0.25) is 4.79 Å². The number of Topliss-reactive ketones (excluding diaryl/α,β-unsaturated/α-hetero) is 1. The van der Waals surface area contributed by atoms with Gasteiger partial charge in [0.05, 0.1) is 12.2 Å². The lowest BCUT2D eigenvalue weighted by atomic mass is 9.75. The van der Waals surface area contributed by atoms with E-state index in [4.69, 9.17) is 4.74 Å². The van der Waals surface area contributed by atoms with Crippen LogP contribution in [-0.4, -0.2) is 24.6 Å². The van der Waals surface area contributed by atoms with E-state index < -0.39 is 0 Å². The number of ketones is 1. The fraction of sp³-hybridized carbons (Fsp3) is 0.308. The number of nitrogens with one attached hydrogen (secondary N) is 1. The van der Waals surface area contributed by atoms with Crippen LogP contribution in [0.2, 0.25) is 0 Å². The zero-order chi connectivity index (χ0) is 21.8. The first kappa shape index (κ1) is 21.4. The minimum atomic E-state index is -0.385. The monoisotopic (exact) mass is 433 g/mol. The number of esters is 1. The molecule has 1 aliphatic carbocycles. The molecule has 2 aromatic carbocycles. The molecule has 0 bridgehead atoms. The Labute approximate surface area is 187 Å². The molecule has 4 nitrogen and oxygen atoms in total. The molecule has 31 heavy (non-hydrogen) atoms.